The second kappa shape index (κ2) is 7.43. The van der Waals surface area contributed by atoms with E-state index in [0.29, 0.717) is 34.0 Å². The molecule has 0 saturated carbocycles. The molecule has 4 rings (SSSR count). The van der Waals surface area contributed by atoms with Gasteiger partial charge in [0.15, 0.2) is 16.8 Å². The Bertz CT molecular complexity index is 1270. The molecule has 0 fully saturated rings. The van der Waals surface area contributed by atoms with Gasteiger partial charge in [0.2, 0.25) is 0 Å². The number of methoxy groups -OCH3 is 3. The summed E-state index contributed by atoms with van der Waals surface area (Å²) < 4.78 is 17.9. The number of ether oxygens (including phenoxy) is 3. The van der Waals surface area contributed by atoms with Gasteiger partial charge in [-0.05, 0) is 31.2 Å². The molecule has 0 spiro atoms. The van der Waals surface area contributed by atoms with Crippen molar-refractivity contribution in [2.75, 3.05) is 21.3 Å². The zero-order valence-electron chi connectivity index (χ0n) is 16.7. The number of nitrogens with zero attached hydrogens (tertiary/aromatic N) is 6. The number of carbonyl (C=O) groups excluding carboxylic acids is 2. The van der Waals surface area contributed by atoms with Crippen LogP contribution in [0.15, 0.2) is 24.3 Å². The molecule has 3 aromatic heterocycles. The Morgan fingerprint density at radius 2 is 1.73 bits per heavy atom. The number of esters is 2. The van der Waals surface area contributed by atoms with Gasteiger partial charge in [0, 0.05) is 0 Å². The van der Waals surface area contributed by atoms with Crippen LogP contribution in [-0.2, 0) is 20.7 Å². The molecular formula is C19H18N6O5. The number of benzene rings is 1. The van der Waals surface area contributed by atoms with Crippen molar-refractivity contribution >= 4 is 28.7 Å². The van der Waals surface area contributed by atoms with E-state index < -0.39 is 11.9 Å². The van der Waals surface area contributed by atoms with Crippen molar-refractivity contribution in [1.29, 1.82) is 0 Å². The van der Waals surface area contributed by atoms with E-state index in [2.05, 4.69) is 20.4 Å². The van der Waals surface area contributed by atoms with Crippen molar-refractivity contribution < 1.29 is 23.8 Å². The van der Waals surface area contributed by atoms with Gasteiger partial charge in [-0.15, -0.1) is 10.2 Å². The Morgan fingerprint density at radius 1 is 1.00 bits per heavy atom. The molecule has 3 heterocycles. The molecule has 0 aliphatic heterocycles. The van der Waals surface area contributed by atoms with Crippen molar-refractivity contribution in [3.63, 3.8) is 0 Å². The predicted octanol–water partition coefficient (Wildman–Crippen LogP) is 1.28. The number of carbonyl (C=O) groups is 2. The molecule has 0 aliphatic carbocycles. The highest BCUT2D eigenvalue weighted by molar-refractivity contribution is 5.98. The molecular weight excluding hydrogens is 392 g/mol. The SMILES string of the molecule is COC(=O)Cc1nn(-c2ccc(OC)cc2)c2c1nnc1c(C(=O)OC)c(C)nn12. The summed E-state index contributed by atoms with van der Waals surface area (Å²) in [6, 6.07) is 7.17. The van der Waals surface area contributed by atoms with Crippen LogP contribution in [0.1, 0.15) is 21.7 Å². The Kier molecular flexibility index (Phi) is 4.78. The van der Waals surface area contributed by atoms with E-state index in [4.69, 9.17) is 14.2 Å². The fourth-order valence-corrected chi connectivity index (χ4v) is 3.16. The van der Waals surface area contributed by atoms with E-state index in [0.717, 1.165) is 0 Å². The van der Waals surface area contributed by atoms with Crippen LogP contribution in [0.4, 0.5) is 0 Å². The Balaban J connectivity index is 2.03. The zero-order valence-corrected chi connectivity index (χ0v) is 16.7. The molecule has 0 N–H and O–H groups in total. The first-order valence-electron chi connectivity index (χ1n) is 8.91. The summed E-state index contributed by atoms with van der Waals surface area (Å²) in [5.74, 6) is -0.357. The maximum atomic E-state index is 12.2. The quantitative estimate of drug-likeness (QED) is 0.448. The van der Waals surface area contributed by atoms with Gasteiger partial charge < -0.3 is 14.2 Å². The van der Waals surface area contributed by atoms with Crippen molar-refractivity contribution in [1.82, 2.24) is 29.6 Å². The first-order valence-corrected chi connectivity index (χ1v) is 8.91. The summed E-state index contributed by atoms with van der Waals surface area (Å²) in [5, 5.41) is 17.4. The molecule has 11 nitrogen and oxygen atoms in total. The Labute approximate surface area is 170 Å². The maximum Gasteiger partial charge on any atom is 0.343 e. The average Bonchev–Trinajstić information content (AvgIpc) is 3.30. The lowest BCUT2D eigenvalue weighted by Gasteiger charge is -2.05. The monoisotopic (exact) mass is 410 g/mol. The summed E-state index contributed by atoms with van der Waals surface area (Å²) in [5.41, 5.74) is 2.73. The number of aromatic nitrogens is 6. The lowest BCUT2D eigenvalue weighted by molar-refractivity contribution is -0.139. The molecule has 0 radical (unpaired) electrons. The van der Waals surface area contributed by atoms with E-state index in [1.54, 1.807) is 43.0 Å². The van der Waals surface area contributed by atoms with Crippen LogP contribution in [0.5, 0.6) is 5.75 Å². The van der Waals surface area contributed by atoms with Crippen LogP contribution < -0.4 is 4.74 Å². The van der Waals surface area contributed by atoms with Crippen LogP contribution in [0, 0.1) is 6.92 Å². The first kappa shape index (κ1) is 19.3. The molecule has 0 aliphatic rings. The normalized spacial score (nSPS) is 11.1. The van der Waals surface area contributed by atoms with Crippen molar-refractivity contribution in [2.24, 2.45) is 0 Å². The van der Waals surface area contributed by atoms with Gasteiger partial charge in [0.1, 0.15) is 17.0 Å². The second-order valence-corrected chi connectivity index (χ2v) is 6.37. The number of aryl methyl sites for hydroxylation is 1. The van der Waals surface area contributed by atoms with Gasteiger partial charge in [-0.25, -0.2) is 9.48 Å². The molecule has 30 heavy (non-hydrogen) atoms. The van der Waals surface area contributed by atoms with Gasteiger partial charge in [-0.3, -0.25) is 4.79 Å². The highest BCUT2D eigenvalue weighted by atomic mass is 16.5. The van der Waals surface area contributed by atoms with Crippen molar-refractivity contribution in [2.45, 2.75) is 13.3 Å². The van der Waals surface area contributed by atoms with Gasteiger partial charge in [0.05, 0.1) is 39.1 Å². The number of rotatable bonds is 5. The summed E-state index contributed by atoms with van der Waals surface area (Å²) in [7, 11) is 4.16. The Morgan fingerprint density at radius 3 is 2.37 bits per heavy atom. The summed E-state index contributed by atoms with van der Waals surface area (Å²) in [6.45, 7) is 1.68. The highest BCUT2D eigenvalue weighted by Crippen LogP contribution is 2.25. The standard InChI is InChI=1S/C19H18N6O5/c1-10-15(19(27)30-4)17-21-20-16-13(9-14(26)29-3)23-24(18(16)25(17)22-10)11-5-7-12(28-2)8-6-11/h5-8H,9H2,1-4H3. The van der Waals surface area contributed by atoms with E-state index in [1.165, 1.54) is 18.7 Å². The predicted molar refractivity (Wildman–Crippen MR) is 104 cm³/mol. The van der Waals surface area contributed by atoms with Crippen LogP contribution in [0.2, 0.25) is 0 Å². The van der Waals surface area contributed by atoms with E-state index in [-0.39, 0.29) is 17.6 Å². The Hall–Kier alpha value is -4.02. The number of fused-ring (bicyclic) bond motifs is 3. The molecule has 0 unspecified atom stereocenters. The fourth-order valence-electron chi connectivity index (χ4n) is 3.16. The van der Waals surface area contributed by atoms with E-state index in [1.807, 2.05) is 0 Å². The second-order valence-electron chi connectivity index (χ2n) is 6.37. The maximum absolute atomic E-state index is 12.2. The minimum atomic E-state index is -0.568. The average molecular weight is 410 g/mol. The molecule has 4 aromatic rings. The first-order chi connectivity index (χ1) is 14.5. The largest absolute Gasteiger partial charge is 0.497 e. The molecule has 0 saturated heterocycles. The van der Waals surface area contributed by atoms with Crippen molar-refractivity contribution in [3.05, 3.63) is 41.2 Å². The van der Waals surface area contributed by atoms with Gasteiger partial charge in [-0.1, -0.05) is 0 Å². The third-order valence-corrected chi connectivity index (χ3v) is 4.63. The fraction of sp³-hybridized carbons (Fsp3) is 0.263. The van der Waals surface area contributed by atoms with Crippen LogP contribution in [0.3, 0.4) is 0 Å². The smallest absolute Gasteiger partial charge is 0.343 e. The minimum absolute atomic E-state index is 0.0968. The lowest BCUT2D eigenvalue weighted by atomic mass is 10.2. The number of hydrogen-bond donors (Lipinski definition) is 0. The zero-order chi connectivity index (χ0) is 21.4. The minimum Gasteiger partial charge on any atom is -0.497 e. The molecule has 0 bridgehead atoms. The number of hydrogen-bond acceptors (Lipinski definition) is 9. The molecule has 1 aromatic carbocycles. The molecule has 0 atom stereocenters. The third kappa shape index (κ3) is 3.00. The molecule has 0 amide bonds. The van der Waals surface area contributed by atoms with Gasteiger partial charge in [-0.2, -0.15) is 14.7 Å². The van der Waals surface area contributed by atoms with Crippen LogP contribution in [0.25, 0.3) is 22.5 Å². The highest BCUT2D eigenvalue weighted by Gasteiger charge is 2.25. The topological polar surface area (TPSA) is 123 Å². The van der Waals surface area contributed by atoms with Gasteiger partial charge >= 0.3 is 11.9 Å². The third-order valence-electron chi connectivity index (χ3n) is 4.63. The summed E-state index contributed by atoms with van der Waals surface area (Å²) in [6.07, 6.45) is -0.0968. The van der Waals surface area contributed by atoms with E-state index >= 15 is 0 Å². The molecule has 154 valence electrons. The summed E-state index contributed by atoms with van der Waals surface area (Å²) >= 11 is 0. The van der Waals surface area contributed by atoms with Crippen LogP contribution >= 0.6 is 0 Å². The van der Waals surface area contributed by atoms with E-state index in [9.17, 15) is 9.59 Å². The molecule has 11 heteroatoms. The van der Waals surface area contributed by atoms with Crippen LogP contribution in [-0.4, -0.2) is 62.9 Å². The lowest BCUT2D eigenvalue weighted by Crippen LogP contribution is -2.06. The van der Waals surface area contributed by atoms with Gasteiger partial charge in [0.25, 0.3) is 0 Å². The van der Waals surface area contributed by atoms with Crippen molar-refractivity contribution in [3.8, 4) is 11.4 Å². The summed E-state index contributed by atoms with van der Waals surface area (Å²) in [4.78, 5) is 24.1.